The molecule has 0 rings (SSSR count). The van der Waals surface area contributed by atoms with Gasteiger partial charge in [0.2, 0.25) is 0 Å². The van der Waals surface area contributed by atoms with Crippen molar-refractivity contribution < 1.29 is 17.9 Å². The normalized spacial score (nSPS) is 17.1. The van der Waals surface area contributed by atoms with Gasteiger partial charge in [0.25, 0.3) is 0 Å². The molecule has 0 aliphatic heterocycles. The molecule has 0 saturated carbocycles. The Morgan fingerprint density at radius 2 is 1.92 bits per heavy atom. The summed E-state index contributed by atoms with van der Waals surface area (Å²) in [5, 5.41) is 0. The number of hydrogen-bond donors (Lipinski definition) is 1. The van der Waals surface area contributed by atoms with Crippen LogP contribution in [0.5, 0.6) is 0 Å². The third kappa shape index (κ3) is 6.83. The van der Waals surface area contributed by atoms with E-state index in [0.29, 0.717) is 13.0 Å². The first-order valence-corrected chi connectivity index (χ1v) is 4.18. The lowest BCUT2D eigenvalue weighted by Crippen LogP contribution is -2.34. The SMILES string of the molecule is COCCC(C)C(N)CC(F)(F)F. The van der Waals surface area contributed by atoms with Crippen LogP contribution in [0.25, 0.3) is 0 Å². The van der Waals surface area contributed by atoms with Crippen LogP contribution in [-0.2, 0) is 4.74 Å². The van der Waals surface area contributed by atoms with Gasteiger partial charge in [-0.25, -0.2) is 0 Å². The summed E-state index contributed by atoms with van der Waals surface area (Å²) in [6, 6.07) is -0.824. The van der Waals surface area contributed by atoms with Crippen LogP contribution in [0.4, 0.5) is 13.2 Å². The molecule has 0 aromatic rings. The average molecular weight is 199 g/mol. The van der Waals surface area contributed by atoms with Crippen molar-refractivity contribution in [3.8, 4) is 0 Å². The van der Waals surface area contributed by atoms with Crippen LogP contribution in [0.15, 0.2) is 0 Å². The van der Waals surface area contributed by atoms with Gasteiger partial charge in [-0.2, -0.15) is 13.2 Å². The predicted octanol–water partition coefficient (Wildman–Crippen LogP) is 1.94. The summed E-state index contributed by atoms with van der Waals surface area (Å²) < 4.78 is 40.4. The highest BCUT2D eigenvalue weighted by molar-refractivity contribution is 4.72. The molecule has 0 amide bonds. The Hall–Kier alpha value is -0.290. The minimum Gasteiger partial charge on any atom is -0.385 e. The molecule has 2 nitrogen and oxygen atoms in total. The van der Waals surface area contributed by atoms with Crippen molar-refractivity contribution in [3.05, 3.63) is 0 Å². The highest BCUT2D eigenvalue weighted by Gasteiger charge is 2.32. The van der Waals surface area contributed by atoms with Gasteiger partial charge in [0.1, 0.15) is 0 Å². The molecule has 80 valence electrons. The maximum absolute atomic E-state index is 11.9. The van der Waals surface area contributed by atoms with Crippen LogP contribution in [-0.4, -0.2) is 25.9 Å². The smallest absolute Gasteiger partial charge is 0.385 e. The largest absolute Gasteiger partial charge is 0.390 e. The lowest BCUT2D eigenvalue weighted by molar-refractivity contribution is -0.140. The van der Waals surface area contributed by atoms with E-state index in [-0.39, 0.29) is 5.92 Å². The Kier molecular flexibility index (Phi) is 5.32. The highest BCUT2D eigenvalue weighted by atomic mass is 19.4. The second-order valence-electron chi connectivity index (χ2n) is 3.24. The van der Waals surface area contributed by atoms with Gasteiger partial charge in [-0.15, -0.1) is 0 Å². The molecule has 0 aromatic heterocycles. The molecule has 5 heteroatoms. The molecule has 0 aliphatic rings. The summed E-state index contributed by atoms with van der Waals surface area (Å²) in [6.45, 7) is 2.15. The Morgan fingerprint density at radius 3 is 2.31 bits per heavy atom. The van der Waals surface area contributed by atoms with Gasteiger partial charge in [0.05, 0.1) is 6.42 Å². The Morgan fingerprint density at radius 1 is 1.38 bits per heavy atom. The standard InChI is InChI=1S/C8H16F3NO/c1-6(3-4-13-2)7(12)5-8(9,10)11/h6-7H,3-5,12H2,1-2H3. The third-order valence-corrected chi connectivity index (χ3v) is 1.98. The molecular formula is C8H16F3NO. The Labute approximate surface area is 76.2 Å². The minimum absolute atomic E-state index is 0.165. The van der Waals surface area contributed by atoms with Crippen molar-refractivity contribution in [3.63, 3.8) is 0 Å². The number of rotatable bonds is 5. The second-order valence-corrected chi connectivity index (χ2v) is 3.24. The van der Waals surface area contributed by atoms with Crippen LogP contribution in [0, 0.1) is 5.92 Å². The second kappa shape index (κ2) is 5.44. The van der Waals surface area contributed by atoms with Crippen molar-refractivity contribution in [2.24, 2.45) is 11.7 Å². The average Bonchev–Trinajstić information content (AvgIpc) is 1.96. The van der Waals surface area contributed by atoms with Gasteiger partial charge in [0, 0.05) is 19.8 Å². The Balaban J connectivity index is 3.75. The van der Waals surface area contributed by atoms with Crippen molar-refractivity contribution in [2.75, 3.05) is 13.7 Å². The van der Waals surface area contributed by atoms with Crippen LogP contribution >= 0.6 is 0 Å². The van der Waals surface area contributed by atoms with E-state index in [4.69, 9.17) is 10.5 Å². The summed E-state index contributed by atoms with van der Waals surface area (Å²) in [7, 11) is 1.52. The van der Waals surface area contributed by atoms with E-state index in [0.717, 1.165) is 0 Å². The minimum atomic E-state index is -4.17. The number of nitrogens with two attached hydrogens (primary N) is 1. The first-order valence-electron chi connectivity index (χ1n) is 4.18. The van der Waals surface area contributed by atoms with E-state index in [1.165, 1.54) is 7.11 Å². The maximum atomic E-state index is 11.9. The van der Waals surface area contributed by atoms with Crippen molar-refractivity contribution in [1.29, 1.82) is 0 Å². The molecule has 0 aliphatic carbocycles. The van der Waals surface area contributed by atoms with E-state index in [2.05, 4.69) is 0 Å². The number of halogens is 3. The molecule has 13 heavy (non-hydrogen) atoms. The molecule has 0 aromatic carbocycles. The fraction of sp³-hybridized carbons (Fsp3) is 1.00. The van der Waals surface area contributed by atoms with E-state index in [1.54, 1.807) is 6.92 Å². The highest BCUT2D eigenvalue weighted by Crippen LogP contribution is 2.24. The number of alkyl halides is 3. The maximum Gasteiger partial charge on any atom is 0.390 e. The van der Waals surface area contributed by atoms with Gasteiger partial charge in [-0.1, -0.05) is 6.92 Å². The monoisotopic (exact) mass is 199 g/mol. The van der Waals surface area contributed by atoms with Gasteiger partial charge >= 0.3 is 6.18 Å². The zero-order valence-electron chi connectivity index (χ0n) is 7.90. The summed E-state index contributed by atoms with van der Waals surface area (Å²) in [5.41, 5.74) is 5.37. The van der Waals surface area contributed by atoms with Gasteiger partial charge in [-0.05, 0) is 12.3 Å². The van der Waals surface area contributed by atoms with Crippen molar-refractivity contribution >= 4 is 0 Å². The molecule has 0 radical (unpaired) electrons. The topological polar surface area (TPSA) is 35.2 Å². The summed E-state index contributed by atoms with van der Waals surface area (Å²) in [6.07, 6.45) is -4.52. The van der Waals surface area contributed by atoms with E-state index >= 15 is 0 Å². The lowest BCUT2D eigenvalue weighted by Gasteiger charge is -2.20. The summed E-state index contributed by atoms with van der Waals surface area (Å²) >= 11 is 0. The predicted molar refractivity (Wildman–Crippen MR) is 44.3 cm³/mol. The van der Waals surface area contributed by atoms with Crippen LogP contribution < -0.4 is 5.73 Å². The van der Waals surface area contributed by atoms with Gasteiger partial charge < -0.3 is 10.5 Å². The molecule has 2 N–H and O–H groups in total. The quantitative estimate of drug-likeness (QED) is 0.734. The molecular weight excluding hydrogens is 183 g/mol. The van der Waals surface area contributed by atoms with Crippen molar-refractivity contribution in [1.82, 2.24) is 0 Å². The molecule has 0 fully saturated rings. The zero-order chi connectivity index (χ0) is 10.5. The van der Waals surface area contributed by atoms with Crippen LogP contribution in [0.3, 0.4) is 0 Å². The van der Waals surface area contributed by atoms with E-state index < -0.39 is 18.6 Å². The van der Waals surface area contributed by atoms with Gasteiger partial charge in [0.15, 0.2) is 0 Å². The van der Waals surface area contributed by atoms with Gasteiger partial charge in [-0.3, -0.25) is 0 Å². The molecule has 0 heterocycles. The molecule has 0 bridgehead atoms. The fourth-order valence-corrected chi connectivity index (χ4v) is 0.986. The first kappa shape index (κ1) is 12.7. The van der Waals surface area contributed by atoms with E-state index in [9.17, 15) is 13.2 Å². The zero-order valence-corrected chi connectivity index (χ0v) is 7.90. The molecule has 2 atom stereocenters. The Bertz CT molecular complexity index is 138. The first-order chi connectivity index (χ1) is 5.87. The van der Waals surface area contributed by atoms with Crippen LogP contribution in [0.2, 0.25) is 0 Å². The lowest BCUT2D eigenvalue weighted by atomic mass is 9.97. The number of methoxy groups -OCH3 is 1. The molecule has 0 saturated heterocycles. The number of ether oxygens (including phenoxy) is 1. The summed E-state index contributed by atoms with van der Waals surface area (Å²) in [4.78, 5) is 0. The van der Waals surface area contributed by atoms with E-state index in [1.807, 2.05) is 0 Å². The number of hydrogen-bond acceptors (Lipinski definition) is 2. The van der Waals surface area contributed by atoms with Crippen LogP contribution in [0.1, 0.15) is 19.8 Å². The fourth-order valence-electron chi connectivity index (χ4n) is 0.986. The molecule has 0 spiro atoms. The summed E-state index contributed by atoms with van der Waals surface area (Å²) in [5.74, 6) is -0.165. The third-order valence-electron chi connectivity index (χ3n) is 1.98. The molecule has 2 unspecified atom stereocenters. The van der Waals surface area contributed by atoms with Crippen molar-refractivity contribution in [2.45, 2.75) is 32.0 Å².